The maximum atomic E-state index is 3.40. The van der Waals surface area contributed by atoms with Crippen LogP contribution >= 0.6 is 0 Å². The molecule has 2 unspecified atom stereocenters. The van der Waals surface area contributed by atoms with Gasteiger partial charge in [0.15, 0.2) is 0 Å². The third-order valence-electron chi connectivity index (χ3n) is 2.48. The summed E-state index contributed by atoms with van der Waals surface area (Å²) in [7, 11) is 8.59. The van der Waals surface area contributed by atoms with Crippen molar-refractivity contribution >= 4 is 0 Å². The van der Waals surface area contributed by atoms with Crippen molar-refractivity contribution in [3.63, 3.8) is 0 Å². The molecule has 0 saturated carbocycles. The van der Waals surface area contributed by atoms with E-state index in [9.17, 15) is 0 Å². The Balaban J connectivity index is 2.51. The molecule has 0 bridgehead atoms. The second-order valence-electron chi connectivity index (χ2n) is 3.72. The molecule has 1 fully saturated rings. The second kappa shape index (κ2) is 3.52. The molecule has 1 aliphatic rings. The molecule has 0 aromatic carbocycles. The van der Waals surface area contributed by atoms with Gasteiger partial charge in [-0.1, -0.05) is 0 Å². The van der Waals surface area contributed by atoms with Gasteiger partial charge in [0.2, 0.25) is 0 Å². The summed E-state index contributed by atoms with van der Waals surface area (Å²) in [6, 6.07) is 1.34. The van der Waals surface area contributed by atoms with Crippen LogP contribution in [0.4, 0.5) is 0 Å². The first kappa shape index (κ1) is 8.97. The third kappa shape index (κ3) is 1.92. The van der Waals surface area contributed by atoms with Crippen LogP contribution in [0.5, 0.6) is 0 Å². The Morgan fingerprint density at radius 1 is 0.909 bits per heavy atom. The molecule has 3 heteroatoms. The fraction of sp³-hybridized carbons (Fsp3) is 1.00. The summed E-state index contributed by atoms with van der Waals surface area (Å²) < 4.78 is 0. The Morgan fingerprint density at radius 2 is 1.27 bits per heavy atom. The van der Waals surface area contributed by atoms with E-state index in [0.717, 1.165) is 13.1 Å². The van der Waals surface area contributed by atoms with Gasteiger partial charge in [0.25, 0.3) is 0 Å². The number of hydrogen-bond donors (Lipinski definition) is 1. The van der Waals surface area contributed by atoms with E-state index in [1.165, 1.54) is 0 Å². The largest absolute Gasteiger partial charge is 0.313 e. The average Bonchev–Trinajstić information content (AvgIpc) is 2.32. The van der Waals surface area contributed by atoms with E-state index in [1.54, 1.807) is 0 Å². The van der Waals surface area contributed by atoms with E-state index in [1.807, 2.05) is 0 Å². The van der Waals surface area contributed by atoms with Crippen molar-refractivity contribution in [2.75, 3.05) is 41.3 Å². The minimum atomic E-state index is 0.671. The SMILES string of the molecule is CN(C)C1CNCC1N(C)C. The van der Waals surface area contributed by atoms with Gasteiger partial charge in [0.1, 0.15) is 0 Å². The normalized spacial score (nSPS) is 32.2. The van der Waals surface area contributed by atoms with E-state index in [2.05, 4.69) is 43.3 Å². The zero-order chi connectivity index (χ0) is 8.43. The lowest BCUT2D eigenvalue weighted by Crippen LogP contribution is -2.45. The van der Waals surface area contributed by atoms with Crippen LogP contribution in [0.25, 0.3) is 0 Å². The van der Waals surface area contributed by atoms with Crippen LogP contribution in [0.3, 0.4) is 0 Å². The van der Waals surface area contributed by atoms with Gasteiger partial charge >= 0.3 is 0 Å². The lowest BCUT2D eigenvalue weighted by Gasteiger charge is -2.29. The number of hydrogen-bond acceptors (Lipinski definition) is 3. The zero-order valence-corrected chi connectivity index (χ0v) is 7.96. The Labute approximate surface area is 69.4 Å². The van der Waals surface area contributed by atoms with Gasteiger partial charge in [-0.2, -0.15) is 0 Å². The first-order valence-corrected chi connectivity index (χ1v) is 4.16. The molecule has 3 nitrogen and oxygen atoms in total. The van der Waals surface area contributed by atoms with E-state index in [-0.39, 0.29) is 0 Å². The summed E-state index contributed by atoms with van der Waals surface area (Å²) >= 11 is 0. The molecular weight excluding hydrogens is 138 g/mol. The standard InChI is InChI=1S/C8H19N3/c1-10(2)7-5-9-6-8(7)11(3)4/h7-9H,5-6H2,1-4H3. The highest BCUT2D eigenvalue weighted by molar-refractivity contribution is 4.91. The van der Waals surface area contributed by atoms with Gasteiger partial charge in [-0.3, -0.25) is 0 Å². The van der Waals surface area contributed by atoms with E-state index in [0.29, 0.717) is 12.1 Å². The number of nitrogens with one attached hydrogen (secondary N) is 1. The number of nitrogens with zero attached hydrogens (tertiary/aromatic N) is 2. The molecular formula is C8H19N3. The summed E-state index contributed by atoms with van der Waals surface area (Å²) in [4.78, 5) is 4.59. The third-order valence-corrected chi connectivity index (χ3v) is 2.48. The highest BCUT2D eigenvalue weighted by atomic mass is 15.3. The lowest BCUT2D eigenvalue weighted by atomic mass is 10.1. The van der Waals surface area contributed by atoms with Gasteiger partial charge in [0, 0.05) is 25.2 Å². The molecule has 0 aliphatic carbocycles. The summed E-state index contributed by atoms with van der Waals surface area (Å²) in [5.41, 5.74) is 0. The molecule has 0 spiro atoms. The topological polar surface area (TPSA) is 18.5 Å². The van der Waals surface area contributed by atoms with Crippen LogP contribution in [-0.4, -0.2) is 63.2 Å². The molecule has 0 radical (unpaired) electrons. The Bertz CT molecular complexity index is 109. The number of likely N-dealkylation sites (N-methyl/N-ethyl adjacent to an activating group) is 2. The van der Waals surface area contributed by atoms with Gasteiger partial charge in [-0.25, -0.2) is 0 Å². The van der Waals surface area contributed by atoms with Crippen molar-refractivity contribution in [2.24, 2.45) is 0 Å². The van der Waals surface area contributed by atoms with Crippen LogP contribution in [0, 0.1) is 0 Å². The van der Waals surface area contributed by atoms with E-state index in [4.69, 9.17) is 0 Å². The molecule has 0 aromatic heterocycles. The first-order valence-electron chi connectivity index (χ1n) is 4.16. The molecule has 1 heterocycles. The molecule has 11 heavy (non-hydrogen) atoms. The highest BCUT2D eigenvalue weighted by Gasteiger charge is 2.29. The highest BCUT2D eigenvalue weighted by Crippen LogP contribution is 2.09. The van der Waals surface area contributed by atoms with Crippen molar-refractivity contribution in [1.82, 2.24) is 15.1 Å². The van der Waals surface area contributed by atoms with E-state index < -0.39 is 0 Å². The number of rotatable bonds is 2. The second-order valence-corrected chi connectivity index (χ2v) is 3.72. The smallest absolute Gasteiger partial charge is 0.0382 e. The summed E-state index contributed by atoms with van der Waals surface area (Å²) in [6.45, 7) is 2.24. The maximum absolute atomic E-state index is 3.40. The van der Waals surface area contributed by atoms with Crippen LogP contribution in [0.15, 0.2) is 0 Å². The van der Waals surface area contributed by atoms with Crippen molar-refractivity contribution in [3.05, 3.63) is 0 Å². The molecule has 66 valence electrons. The first-order chi connectivity index (χ1) is 5.13. The molecule has 2 atom stereocenters. The van der Waals surface area contributed by atoms with Gasteiger partial charge < -0.3 is 15.1 Å². The monoisotopic (exact) mass is 157 g/mol. The molecule has 1 saturated heterocycles. The summed E-state index contributed by atoms with van der Waals surface area (Å²) in [5, 5.41) is 3.40. The molecule has 0 aromatic rings. The zero-order valence-electron chi connectivity index (χ0n) is 7.96. The Kier molecular flexibility index (Phi) is 2.87. The van der Waals surface area contributed by atoms with Crippen molar-refractivity contribution in [2.45, 2.75) is 12.1 Å². The van der Waals surface area contributed by atoms with Gasteiger partial charge in [0.05, 0.1) is 0 Å². The molecule has 0 amide bonds. The maximum Gasteiger partial charge on any atom is 0.0382 e. The van der Waals surface area contributed by atoms with E-state index >= 15 is 0 Å². The fourth-order valence-corrected chi connectivity index (χ4v) is 1.70. The minimum absolute atomic E-state index is 0.671. The van der Waals surface area contributed by atoms with Gasteiger partial charge in [-0.15, -0.1) is 0 Å². The fourth-order valence-electron chi connectivity index (χ4n) is 1.70. The van der Waals surface area contributed by atoms with Crippen molar-refractivity contribution < 1.29 is 0 Å². The molecule has 1 N–H and O–H groups in total. The van der Waals surface area contributed by atoms with Crippen LogP contribution in [0.2, 0.25) is 0 Å². The summed E-state index contributed by atoms with van der Waals surface area (Å²) in [6.07, 6.45) is 0. The molecule has 1 aliphatic heterocycles. The van der Waals surface area contributed by atoms with Crippen LogP contribution < -0.4 is 5.32 Å². The van der Waals surface area contributed by atoms with Gasteiger partial charge in [-0.05, 0) is 28.2 Å². The van der Waals surface area contributed by atoms with Crippen molar-refractivity contribution in [3.8, 4) is 0 Å². The quantitative estimate of drug-likeness (QED) is 0.580. The summed E-state index contributed by atoms with van der Waals surface area (Å²) in [5.74, 6) is 0. The predicted octanol–water partition coefficient (Wildman–Crippen LogP) is -0.550. The Hall–Kier alpha value is -0.120. The minimum Gasteiger partial charge on any atom is -0.313 e. The van der Waals surface area contributed by atoms with Crippen LogP contribution in [0.1, 0.15) is 0 Å². The van der Waals surface area contributed by atoms with Crippen molar-refractivity contribution in [1.29, 1.82) is 0 Å². The van der Waals surface area contributed by atoms with Crippen LogP contribution in [-0.2, 0) is 0 Å². The average molecular weight is 157 g/mol. The predicted molar refractivity (Wildman–Crippen MR) is 47.8 cm³/mol. The lowest BCUT2D eigenvalue weighted by molar-refractivity contribution is 0.191. The Morgan fingerprint density at radius 3 is 1.55 bits per heavy atom. The molecule has 1 rings (SSSR count).